The highest BCUT2D eigenvalue weighted by molar-refractivity contribution is 7.13. The smallest absolute Gasteiger partial charge is 0.185 e. The van der Waals surface area contributed by atoms with Gasteiger partial charge in [0.05, 0.1) is 5.69 Å². The predicted octanol–water partition coefficient (Wildman–Crippen LogP) is 3.27. The van der Waals surface area contributed by atoms with E-state index in [9.17, 15) is 0 Å². The lowest BCUT2D eigenvalue weighted by atomic mass is 9.84. The molecule has 1 aliphatic rings. The highest BCUT2D eigenvalue weighted by Crippen LogP contribution is 2.32. The fourth-order valence-corrected chi connectivity index (χ4v) is 3.35. The molecule has 0 amide bonds. The molecule has 1 aromatic rings. The maximum absolute atomic E-state index is 4.75. The number of hydrogen-bond acceptors (Lipinski definition) is 4. The summed E-state index contributed by atoms with van der Waals surface area (Å²) in [4.78, 5) is 7.21. The SMILES string of the molecule is CCCNCc1csc(N2CCCC(C)(C)C2)n1. The van der Waals surface area contributed by atoms with Crippen LogP contribution in [-0.2, 0) is 6.54 Å². The van der Waals surface area contributed by atoms with Crippen LogP contribution in [0.5, 0.6) is 0 Å². The summed E-state index contributed by atoms with van der Waals surface area (Å²) in [5, 5.41) is 6.81. The minimum Gasteiger partial charge on any atom is -0.348 e. The van der Waals surface area contributed by atoms with Crippen LogP contribution in [-0.4, -0.2) is 24.6 Å². The Morgan fingerprint density at radius 2 is 2.33 bits per heavy atom. The molecule has 1 aromatic heterocycles. The average molecular weight is 267 g/mol. The zero-order valence-corrected chi connectivity index (χ0v) is 12.6. The Labute approximate surface area is 115 Å². The maximum Gasteiger partial charge on any atom is 0.185 e. The van der Waals surface area contributed by atoms with E-state index in [0.717, 1.165) is 19.6 Å². The summed E-state index contributed by atoms with van der Waals surface area (Å²) in [5.74, 6) is 0. The molecule has 18 heavy (non-hydrogen) atoms. The van der Waals surface area contributed by atoms with Gasteiger partial charge in [0.15, 0.2) is 5.13 Å². The molecule has 0 atom stereocenters. The van der Waals surface area contributed by atoms with Crippen molar-refractivity contribution in [2.24, 2.45) is 5.41 Å². The van der Waals surface area contributed by atoms with Crippen LogP contribution in [0.4, 0.5) is 5.13 Å². The lowest BCUT2D eigenvalue weighted by Gasteiger charge is -2.37. The number of aromatic nitrogens is 1. The van der Waals surface area contributed by atoms with Gasteiger partial charge in [0.25, 0.3) is 0 Å². The van der Waals surface area contributed by atoms with Crippen molar-refractivity contribution in [3.63, 3.8) is 0 Å². The first-order valence-electron chi connectivity index (χ1n) is 7.01. The molecule has 0 aromatic carbocycles. The van der Waals surface area contributed by atoms with E-state index in [-0.39, 0.29) is 0 Å². The number of rotatable bonds is 5. The molecule has 0 aliphatic carbocycles. The summed E-state index contributed by atoms with van der Waals surface area (Å²) in [6.07, 6.45) is 3.80. The van der Waals surface area contributed by atoms with Crippen molar-refractivity contribution in [2.45, 2.75) is 46.6 Å². The molecule has 1 aliphatic heterocycles. The molecule has 1 saturated heterocycles. The Kier molecular flexibility index (Phi) is 4.62. The molecule has 0 unspecified atom stereocenters. The van der Waals surface area contributed by atoms with Crippen LogP contribution < -0.4 is 10.2 Å². The van der Waals surface area contributed by atoms with Gasteiger partial charge in [-0.2, -0.15) is 0 Å². The highest BCUT2D eigenvalue weighted by Gasteiger charge is 2.27. The molecule has 2 rings (SSSR count). The Morgan fingerprint density at radius 3 is 3.06 bits per heavy atom. The van der Waals surface area contributed by atoms with Crippen molar-refractivity contribution in [3.8, 4) is 0 Å². The monoisotopic (exact) mass is 267 g/mol. The van der Waals surface area contributed by atoms with E-state index in [1.807, 2.05) is 0 Å². The Bertz CT molecular complexity index is 373. The predicted molar refractivity (Wildman–Crippen MR) is 79.3 cm³/mol. The average Bonchev–Trinajstić information content (AvgIpc) is 2.77. The van der Waals surface area contributed by atoms with Gasteiger partial charge < -0.3 is 10.2 Å². The second-order valence-electron chi connectivity index (χ2n) is 5.99. The van der Waals surface area contributed by atoms with Gasteiger partial charge in [-0.25, -0.2) is 4.98 Å². The first-order chi connectivity index (χ1) is 8.61. The zero-order chi connectivity index (χ0) is 13.0. The van der Waals surface area contributed by atoms with Gasteiger partial charge in [0.2, 0.25) is 0 Å². The second-order valence-corrected chi connectivity index (χ2v) is 6.82. The third-order valence-electron chi connectivity index (χ3n) is 3.44. The zero-order valence-electron chi connectivity index (χ0n) is 11.8. The quantitative estimate of drug-likeness (QED) is 0.830. The van der Waals surface area contributed by atoms with Crippen LogP contribution in [0.25, 0.3) is 0 Å². The van der Waals surface area contributed by atoms with Gasteiger partial charge in [-0.05, 0) is 31.2 Å². The van der Waals surface area contributed by atoms with Gasteiger partial charge in [0.1, 0.15) is 0 Å². The van der Waals surface area contributed by atoms with Gasteiger partial charge in [-0.3, -0.25) is 0 Å². The number of anilines is 1. The van der Waals surface area contributed by atoms with Crippen LogP contribution in [0.3, 0.4) is 0 Å². The summed E-state index contributed by atoms with van der Waals surface area (Å²) >= 11 is 1.79. The lowest BCUT2D eigenvalue weighted by molar-refractivity contribution is 0.293. The topological polar surface area (TPSA) is 28.2 Å². The summed E-state index contributed by atoms with van der Waals surface area (Å²) < 4.78 is 0. The van der Waals surface area contributed by atoms with Gasteiger partial charge in [-0.1, -0.05) is 20.8 Å². The Hall–Kier alpha value is -0.610. The molecule has 0 saturated carbocycles. The molecule has 1 fully saturated rings. The molecule has 1 N–H and O–H groups in total. The molecule has 0 radical (unpaired) electrons. The lowest BCUT2D eigenvalue weighted by Crippen LogP contribution is -2.40. The number of nitrogens with zero attached hydrogens (tertiary/aromatic N) is 2. The van der Waals surface area contributed by atoms with Crippen molar-refractivity contribution in [1.82, 2.24) is 10.3 Å². The minimum absolute atomic E-state index is 0.435. The van der Waals surface area contributed by atoms with Crippen molar-refractivity contribution in [2.75, 3.05) is 24.5 Å². The third-order valence-corrected chi connectivity index (χ3v) is 4.39. The van der Waals surface area contributed by atoms with Crippen LogP contribution in [0.1, 0.15) is 45.7 Å². The number of thiazole rings is 1. The second kappa shape index (κ2) is 6.02. The Morgan fingerprint density at radius 1 is 1.50 bits per heavy atom. The van der Waals surface area contributed by atoms with E-state index in [1.54, 1.807) is 11.3 Å². The summed E-state index contributed by atoms with van der Waals surface area (Å²) in [6.45, 7) is 11.2. The van der Waals surface area contributed by atoms with E-state index in [0.29, 0.717) is 5.41 Å². The first kappa shape index (κ1) is 13.8. The molecular formula is C14H25N3S. The molecule has 0 bridgehead atoms. The molecule has 4 heteroatoms. The van der Waals surface area contributed by atoms with E-state index < -0.39 is 0 Å². The highest BCUT2D eigenvalue weighted by atomic mass is 32.1. The van der Waals surface area contributed by atoms with Gasteiger partial charge in [0, 0.05) is 25.0 Å². The number of piperidine rings is 1. The molecular weight excluding hydrogens is 242 g/mol. The Balaban J connectivity index is 1.92. The van der Waals surface area contributed by atoms with E-state index >= 15 is 0 Å². The summed E-state index contributed by atoms with van der Waals surface area (Å²) in [7, 11) is 0. The van der Waals surface area contributed by atoms with Crippen LogP contribution in [0.2, 0.25) is 0 Å². The first-order valence-corrected chi connectivity index (χ1v) is 7.89. The van der Waals surface area contributed by atoms with E-state index in [4.69, 9.17) is 4.98 Å². The minimum atomic E-state index is 0.435. The van der Waals surface area contributed by atoms with Crippen LogP contribution >= 0.6 is 11.3 Å². The summed E-state index contributed by atoms with van der Waals surface area (Å²) in [6, 6.07) is 0. The normalized spacial score (nSPS) is 19.2. The summed E-state index contributed by atoms with van der Waals surface area (Å²) in [5.41, 5.74) is 1.62. The van der Waals surface area contributed by atoms with Gasteiger partial charge in [-0.15, -0.1) is 11.3 Å². The third kappa shape index (κ3) is 3.69. The van der Waals surface area contributed by atoms with E-state index in [2.05, 4.69) is 36.4 Å². The molecule has 3 nitrogen and oxygen atoms in total. The van der Waals surface area contributed by atoms with Crippen molar-refractivity contribution < 1.29 is 0 Å². The van der Waals surface area contributed by atoms with Crippen LogP contribution in [0.15, 0.2) is 5.38 Å². The molecule has 2 heterocycles. The van der Waals surface area contributed by atoms with E-state index in [1.165, 1.54) is 36.6 Å². The molecule has 0 spiro atoms. The van der Waals surface area contributed by atoms with Crippen LogP contribution in [0, 0.1) is 5.41 Å². The van der Waals surface area contributed by atoms with Gasteiger partial charge >= 0.3 is 0 Å². The van der Waals surface area contributed by atoms with Crippen molar-refractivity contribution >= 4 is 16.5 Å². The van der Waals surface area contributed by atoms with Crippen molar-refractivity contribution in [1.29, 1.82) is 0 Å². The standard InChI is InChI=1S/C14H25N3S/c1-4-7-15-9-12-10-18-13(16-12)17-8-5-6-14(2,3)11-17/h10,15H,4-9,11H2,1-3H3. The van der Waals surface area contributed by atoms with Crippen molar-refractivity contribution in [3.05, 3.63) is 11.1 Å². The fourth-order valence-electron chi connectivity index (χ4n) is 2.50. The largest absolute Gasteiger partial charge is 0.348 e. The maximum atomic E-state index is 4.75. The molecule has 102 valence electrons. The fraction of sp³-hybridized carbons (Fsp3) is 0.786. The number of nitrogens with one attached hydrogen (secondary N) is 1. The number of hydrogen-bond donors (Lipinski definition) is 1.